The van der Waals surface area contributed by atoms with Gasteiger partial charge in [-0.2, -0.15) is 0 Å². The van der Waals surface area contributed by atoms with Crippen LogP contribution >= 0.6 is 0 Å². The summed E-state index contributed by atoms with van der Waals surface area (Å²) >= 11 is 0. The van der Waals surface area contributed by atoms with Crippen LogP contribution < -0.4 is 0 Å². The van der Waals surface area contributed by atoms with Gasteiger partial charge in [-0.25, -0.2) is 0 Å². The first-order valence-electron chi connectivity index (χ1n) is 5.18. The maximum atomic E-state index is 5.95. The van der Waals surface area contributed by atoms with Crippen LogP contribution in [0.5, 0.6) is 0 Å². The van der Waals surface area contributed by atoms with Crippen molar-refractivity contribution in [2.75, 3.05) is 0 Å². The van der Waals surface area contributed by atoms with Crippen LogP contribution in [0.2, 0.25) is 0 Å². The molecule has 0 aliphatic carbocycles. The fourth-order valence-corrected chi connectivity index (χ4v) is 1.87. The Morgan fingerprint density at radius 3 is 1.62 bits per heavy atom. The van der Waals surface area contributed by atoms with Crippen LogP contribution in [-0.2, 0) is 9.47 Å². The van der Waals surface area contributed by atoms with Crippen LogP contribution in [0.4, 0.5) is 0 Å². The zero-order chi connectivity index (χ0) is 10.3. The molecule has 2 unspecified atom stereocenters. The highest BCUT2D eigenvalue weighted by molar-refractivity contribution is 4.90. The lowest BCUT2D eigenvalue weighted by molar-refractivity contribution is -0.236. The zero-order valence-electron chi connectivity index (χ0n) is 9.68. The van der Waals surface area contributed by atoms with Gasteiger partial charge in [0.05, 0.1) is 12.2 Å². The van der Waals surface area contributed by atoms with Gasteiger partial charge in [-0.3, -0.25) is 0 Å². The Morgan fingerprint density at radius 1 is 1.08 bits per heavy atom. The molecule has 1 heterocycles. The first kappa shape index (κ1) is 11.0. The first-order valence-corrected chi connectivity index (χ1v) is 5.18. The summed E-state index contributed by atoms with van der Waals surface area (Å²) in [5.74, 6) is -0.383. The van der Waals surface area contributed by atoms with Crippen molar-refractivity contribution in [1.29, 1.82) is 0 Å². The summed E-state index contributed by atoms with van der Waals surface area (Å²) in [6, 6.07) is 0. The van der Waals surface area contributed by atoms with Crippen molar-refractivity contribution in [3.63, 3.8) is 0 Å². The first-order chi connectivity index (χ1) is 5.82. The van der Waals surface area contributed by atoms with E-state index >= 15 is 0 Å². The summed E-state index contributed by atoms with van der Waals surface area (Å²) in [5.41, 5.74) is 0.0424. The van der Waals surface area contributed by atoms with Gasteiger partial charge in [0.1, 0.15) is 0 Å². The number of hydrogen-bond acceptors (Lipinski definition) is 2. The lowest BCUT2D eigenvalue weighted by Crippen LogP contribution is -2.44. The molecular weight excluding hydrogens is 164 g/mol. The largest absolute Gasteiger partial charge is 0.344 e. The van der Waals surface area contributed by atoms with E-state index in [0.29, 0.717) is 0 Å². The van der Waals surface area contributed by atoms with Crippen LogP contribution in [0.3, 0.4) is 0 Å². The molecule has 0 saturated carbocycles. The maximum absolute atomic E-state index is 5.95. The van der Waals surface area contributed by atoms with E-state index in [-0.39, 0.29) is 23.4 Å². The molecule has 1 fully saturated rings. The molecule has 1 rings (SSSR count). The molecule has 78 valence electrons. The van der Waals surface area contributed by atoms with E-state index in [1.807, 2.05) is 0 Å². The number of hydrogen-bond donors (Lipinski definition) is 0. The highest BCUT2D eigenvalue weighted by Gasteiger charge is 2.50. The monoisotopic (exact) mass is 186 g/mol. The Balaban J connectivity index is 2.86. The molecule has 2 heteroatoms. The third-order valence-corrected chi connectivity index (χ3v) is 3.02. The number of rotatable bonds is 1. The van der Waals surface area contributed by atoms with Crippen molar-refractivity contribution in [1.82, 2.24) is 0 Å². The highest BCUT2D eigenvalue weighted by Crippen LogP contribution is 2.44. The molecule has 2 nitrogen and oxygen atoms in total. The van der Waals surface area contributed by atoms with E-state index in [2.05, 4.69) is 41.5 Å². The topological polar surface area (TPSA) is 18.5 Å². The van der Waals surface area contributed by atoms with Gasteiger partial charge in [0.15, 0.2) is 5.79 Å². The van der Waals surface area contributed by atoms with Crippen LogP contribution in [0, 0.1) is 5.41 Å². The zero-order valence-corrected chi connectivity index (χ0v) is 9.68. The summed E-state index contributed by atoms with van der Waals surface area (Å²) in [6.07, 6.45) is 1.32. The second-order valence-electron chi connectivity index (χ2n) is 5.00. The second kappa shape index (κ2) is 3.25. The van der Waals surface area contributed by atoms with E-state index in [4.69, 9.17) is 9.47 Å². The van der Waals surface area contributed by atoms with E-state index in [9.17, 15) is 0 Å². The van der Waals surface area contributed by atoms with Crippen molar-refractivity contribution >= 4 is 0 Å². The molecular formula is C11H22O2. The summed E-state index contributed by atoms with van der Waals surface area (Å²) in [7, 11) is 0. The Kier molecular flexibility index (Phi) is 2.75. The van der Waals surface area contributed by atoms with Gasteiger partial charge in [-0.1, -0.05) is 27.7 Å². The quantitative estimate of drug-likeness (QED) is 0.627. The van der Waals surface area contributed by atoms with Gasteiger partial charge >= 0.3 is 0 Å². The third kappa shape index (κ3) is 1.75. The average Bonchev–Trinajstić information content (AvgIpc) is 2.28. The lowest BCUT2D eigenvalue weighted by Gasteiger charge is -2.39. The van der Waals surface area contributed by atoms with Gasteiger partial charge in [0.2, 0.25) is 0 Å². The highest BCUT2D eigenvalue weighted by atomic mass is 16.8. The van der Waals surface area contributed by atoms with Crippen molar-refractivity contribution in [2.45, 2.75) is 66.0 Å². The minimum absolute atomic E-state index is 0.0424. The Labute approximate surface area is 81.6 Å². The van der Waals surface area contributed by atoms with Crippen LogP contribution in [-0.4, -0.2) is 18.0 Å². The van der Waals surface area contributed by atoms with E-state index in [1.165, 1.54) is 0 Å². The Hall–Kier alpha value is -0.0800. The predicted molar refractivity (Wildman–Crippen MR) is 53.6 cm³/mol. The molecule has 0 radical (unpaired) electrons. The van der Waals surface area contributed by atoms with Crippen LogP contribution in [0.1, 0.15) is 48.0 Å². The fourth-order valence-electron chi connectivity index (χ4n) is 1.87. The molecule has 0 bridgehead atoms. The smallest absolute Gasteiger partial charge is 0.173 e. The van der Waals surface area contributed by atoms with Gasteiger partial charge in [-0.15, -0.1) is 0 Å². The third-order valence-electron chi connectivity index (χ3n) is 3.02. The van der Waals surface area contributed by atoms with Crippen molar-refractivity contribution in [3.8, 4) is 0 Å². The number of ether oxygens (including phenoxy) is 2. The molecule has 13 heavy (non-hydrogen) atoms. The van der Waals surface area contributed by atoms with Gasteiger partial charge in [0.25, 0.3) is 0 Å². The van der Waals surface area contributed by atoms with Crippen LogP contribution in [0.25, 0.3) is 0 Å². The lowest BCUT2D eigenvalue weighted by atomic mass is 9.83. The molecule has 0 aromatic carbocycles. The predicted octanol–water partition coefficient (Wildman–Crippen LogP) is 2.96. The molecule has 0 aromatic heterocycles. The molecule has 0 N–H and O–H groups in total. The van der Waals surface area contributed by atoms with E-state index in [1.54, 1.807) is 0 Å². The molecule has 1 saturated heterocycles. The summed E-state index contributed by atoms with van der Waals surface area (Å²) in [4.78, 5) is 0. The molecule has 0 spiro atoms. The van der Waals surface area contributed by atoms with Crippen molar-refractivity contribution in [3.05, 3.63) is 0 Å². The molecule has 1 aliphatic rings. The fraction of sp³-hybridized carbons (Fsp3) is 1.00. The van der Waals surface area contributed by atoms with Crippen molar-refractivity contribution < 1.29 is 9.47 Å². The van der Waals surface area contributed by atoms with Gasteiger partial charge < -0.3 is 9.47 Å². The van der Waals surface area contributed by atoms with Crippen molar-refractivity contribution in [2.24, 2.45) is 5.41 Å². The SMILES string of the molecule is CCC1(C(C)(C)C)OC(C)C(C)O1. The minimum Gasteiger partial charge on any atom is -0.344 e. The molecule has 0 amide bonds. The standard InChI is InChI=1S/C11H22O2/c1-7-11(10(4,5)6)12-8(2)9(3)13-11/h8-9H,7H2,1-6H3. The summed E-state index contributed by atoms with van der Waals surface area (Å²) in [5, 5.41) is 0. The maximum Gasteiger partial charge on any atom is 0.173 e. The second-order valence-corrected chi connectivity index (χ2v) is 5.00. The Morgan fingerprint density at radius 2 is 1.46 bits per heavy atom. The molecule has 1 aliphatic heterocycles. The minimum atomic E-state index is -0.383. The van der Waals surface area contributed by atoms with E-state index in [0.717, 1.165) is 6.42 Å². The summed E-state index contributed by atoms with van der Waals surface area (Å²) in [6.45, 7) is 12.8. The van der Waals surface area contributed by atoms with Gasteiger partial charge in [0, 0.05) is 5.41 Å². The average molecular weight is 186 g/mol. The van der Waals surface area contributed by atoms with Crippen LogP contribution in [0.15, 0.2) is 0 Å². The normalized spacial score (nSPS) is 41.1. The molecule has 0 aromatic rings. The summed E-state index contributed by atoms with van der Waals surface area (Å²) < 4.78 is 11.9. The molecule has 2 atom stereocenters. The van der Waals surface area contributed by atoms with E-state index < -0.39 is 0 Å². The Bertz CT molecular complexity index is 171. The van der Waals surface area contributed by atoms with Gasteiger partial charge in [-0.05, 0) is 20.3 Å².